The summed E-state index contributed by atoms with van der Waals surface area (Å²) in [7, 11) is 0. The summed E-state index contributed by atoms with van der Waals surface area (Å²) in [5.41, 5.74) is 5.70. The molecule has 0 radical (unpaired) electrons. The van der Waals surface area contributed by atoms with E-state index in [1.54, 1.807) is 24.2 Å². The number of pyridine rings is 2. The number of aromatic nitrogens is 5. The van der Waals surface area contributed by atoms with Crippen LogP contribution in [-0.4, -0.2) is 25.0 Å². The molecule has 7 nitrogen and oxygen atoms in total. The number of fused-ring (bicyclic) bond motifs is 3. The van der Waals surface area contributed by atoms with Crippen molar-refractivity contribution in [2.75, 3.05) is 0 Å². The van der Waals surface area contributed by atoms with Gasteiger partial charge in [-0.25, -0.2) is 0 Å². The molecule has 0 atom stereocenters. The van der Waals surface area contributed by atoms with Crippen LogP contribution in [-0.2, 0) is 13.0 Å². The van der Waals surface area contributed by atoms with E-state index in [-0.39, 0.29) is 12.0 Å². The van der Waals surface area contributed by atoms with Crippen LogP contribution in [0.5, 0.6) is 5.88 Å². The maximum absolute atomic E-state index is 14.0. The molecule has 0 spiro atoms. The highest BCUT2D eigenvalue weighted by Gasteiger charge is 2.27. The Morgan fingerprint density at radius 2 is 1.92 bits per heavy atom. The van der Waals surface area contributed by atoms with E-state index < -0.39 is 0 Å². The zero-order valence-corrected chi connectivity index (χ0v) is 21.7. The molecule has 0 saturated heterocycles. The van der Waals surface area contributed by atoms with Gasteiger partial charge in [-0.3, -0.25) is 14.3 Å². The molecule has 3 aromatic heterocycles. The molecule has 1 aliphatic rings. The third-order valence-corrected chi connectivity index (χ3v) is 8.09. The van der Waals surface area contributed by atoms with Gasteiger partial charge < -0.3 is 4.74 Å². The first-order valence-electron chi connectivity index (χ1n) is 11.7. The number of benzene rings is 3. The van der Waals surface area contributed by atoms with Crippen LogP contribution in [0.3, 0.4) is 0 Å². The van der Waals surface area contributed by atoms with Crippen LogP contribution in [0.1, 0.15) is 16.7 Å². The van der Waals surface area contributed by atoms with E-state index >= 15 is 0 Å². The van der Waals surface area contributed by atoms with Gasteiger partial charge in [0.1, 0.15) is 17.6 Å². The van der Waals surface area contributed by atoms with Crippen LogP contribution in [0.25, 0.3) is 27.6 Å². The van der Waals surface area contributed by atoms with E-state index in [1.807, 2.05) is 48.5 Å². The number of halogens is 1. The number of hydrogen-bond donors (Lipinski definition) is 1. The topological polar surface area (TPSA) is 85.7 Å². The van der Waals surface area contributed by atoms with E-state index in [0.717, 1.165) is 47.6 Å². The van der Waals surface area contributed by atoms with Crippen LogP contribution in [0.2, 0.25) is 0 Å². The average Bonchev–Trinajstić information content (AvgIpc) is 3.41. The Labute approximate surface area is 223 Å². The molecule has 1 N–H and O–H groups in total. The first-order chi connectivity index (χ1) is 18.2. The highest BCUT2D eigenvalue weighted by molar-refractivity contribution is 9.10. The van der Waals surface area contributed by atoms with Crippen molar-refractivity contribution >= 4 is 49.6 Å². The van der Waals surface area contributed by atoms with Crippen LogP contribution in [0.4, 0.5) is 0 Å². The Morgan fingerprint density at radius 3 is 2.81 bits per heavy atom. The van der Waals surface area contributed by atoms with Crippen molar-refractivity contribution in [2.45, 2.75) is 22.8 Å². The van der Waals surface area contributed by atoms with E-state index in [9.17, 15) is 4.79 Å². The van der Waals surface area contributed by atoms with Gasteiger partial charge in [0.25, 0.3) is 0 Å². The largest absolute Gasteiger partial charge is 0.473 e. The van der Waals surface area contributed by atoms with Gasteiger partial charge in [-0.2, -0.15) is 15.4 Å². The van der Waals surface area contributed by atoms with Gasteiger partial charge in [0.05, 0.1) is 16.8 Å². The normalized spacial score (nSPS) is 12.1. The number of hydrogen-bond acceptors (Lipinski definition) is 6. The Kier molecular flexibility index (Phi) is 5.33. The monoisotopic (exact) mass is 567 g/mol. The second kappa shape index (κ2) is 8.86. The number of nitrogens with zero attached hydrogens (tertiary/aromatic N) is 4. The van der Waals surface area contributed by atoms with Crippen molar-refractivity contribution in [3.05, 3.63) is 111 Å². The minimum Gasteiger partial charge on any atom is -0.473 e. The van der Waals surface area contributed by atoms with E-state index in [4.69, 9.17) is 4.74 Å². The third kappa shape index (κ3) is 3.73. The summed E-state index contributed by atoms with van der Waals surface area (Å²) in [5.74, 6) is 0.522. The maximum Gasteiger partial charge on any atom is 0.206 e. The summed E-state index contributed by atoms with van der Waals surface area (Å²) in [6.07, 6.45) is 3.91. The zero-order chi connectivity index (χ0) is 24.9. The molecule has 9 heteroatoms. The molecule has 3 aromatic carbocycles. The molecule has 7 rings (SSSR count). The molecule has 37 heavy (non-hydrogen) atoms. The smallest absolute Gasteiger partial charge is 0.206 e. The van der Waals surface area contributed by atoms with Gasteiger partial charge in [-0.1, -0.05) is 52.0 Å². The molecular weight excluding hydrogens is 550 g/mol. The predicted octanol–water partition coefficient (Wildman–Crippen LogP) is 6.05. The Morgan fingerprint density at radius 1 is 1.00 bits per heavy atom. The molecule has 0 amide bonds. The number of aromatic amines is 1. The quantitative estimate of drug-likeness (QED) is 0.272. The molecule has 6 aromatic rings. The van der Waals surface area contributed by atoms with Crippen molar-refractivity contribution < 1.29 is 4.74 Å². The number of para-hydroxylation sites is 2. The molecule has 4 heterocycles. The minimum atomic E-state index is -0.0364. The van der Waals surface area contributed by atoms with Crippen LogP contribution < -0.4 is 10.2 Å². The first-order valence-corrected chi connectivity index (χ1v) is 13.3. The summed E-state index contributed by atoms with van der Waals surface area (Å²) in [5, 5.41) is 11.8. The lowest BCUT2D eigenvalue weighted by Gasteiger charge is -2.27. The van der Waals surface area contributed by atoms with Crippen molar-refractivity contribution in [1.82, 2.24) is 25.0 Å². The molecule has 0 unspecified atom stereocenters. The maximum atomic E-state index is 14.0. The Bertz CT molecular complexity index is 1880. The summed E-state index contributed by atoms with van der Waals surface area (Å²) in [6.45, 7) is 0.230. The average molecular weight is 568 g/mol. The molecule has 0 bridgehead atoms. The van der Waals surface area contributed by atoms with E-state index in [0.29, 0.717) is 23.3 Å². The third-order valence-electron chi connectivity index (χ3n) is 6.48. The summed E-state index contributed by atoms with van der Waals surface area (Å²) >= 11 is 5.30. The van der Waals surface area contributed by atoms with Crippen LogP contribution >= 0.6 is 27.7 Å². The number of H-pyrrole nitrogens is 1. The number of ether oxygens (including phenoxy) is 1. The molecular formula is C28H18BrN5O2S. The fraction of sp³-hybridized carbons (Fsp3) is 0.0714. The Hall–Kier alpha value is -3.95. The fourth-order valence-corrected chi connectivity index (χ4v) is 6.24. The fourth-order valence-electron chi connectivity index (χ4n) is 4.82. The van der Waals surface area contributed by atoms with Gasteiger partial charge in [-0.05, 0) is 48.0 Å². The van der Waals surface area contributed by atoms with Crippen molar-refractivity contribution in [1.29, 1.82) is 0 Å². The second-order valence-electron chi connectivity index (χ2n) is 8.75. The van der Waals surface area contributed by atoms with Gasteiger partial charge in [0.15, 0.2) is 5.43 Å². The van der Waals surface area contributed by atoms with E-state index in [1.165, 1.54) is 0 Å². The molecule has 1 aliphatic heterocycles. The summed E-state index contributed by atoms with van der Waals surface area (Å²) in [4.78, 5) is 20.4. The van der Waals surface area contributed by atoms with Crippen molar-refractivity contribution in [3.8, 4) is 11.6 Å². The predicted molar refractivity (Wildman–Crippen MR) is 147 cm³/mol. The second-order valence-corrected chi connectivity index (χ2v) is 10.7. The SMILES string of the molecule is O=c1c(Cc2cccnc2)c(OCc2cccc3n[nH]nc23)n2c3c(cccc13)Sc1ccc(Br)cc1-2. The van der Waals surface area contributed by atoms with Crippen LogP contribution in [0.15, 0.2) is 98.2 Å². The van der Waals surface area contributed by atoms with Crippen molar-refractivity contribution in [2.24, 2.45) is 0 Å². The van der Waals surface area contributed by atoms with Gasteiger partial charge >= 0.3 is 0 Å². The zero-order valence-electron chi connectivity index (χ0n) is 19.3. The summed E-state index contributed by atoms with van der Waals surface area (Å²) in [6, 6.07) is 21.7. The molecule has 0 fully saturated rings. The number of rotatable bonds is 5. The lowest BCUT2D eigenvalue weighted by molar-refractivity contribution is 0.285. The highest BCUT2D eigenvalue weighted by atomic mass is 79.9. The first kappa shape index (κ1) is 22.3. The molecule has 180 valence electrons. The standard InChI is InChI=1S/C28H18BrN5O2S/c29-18-9-10-23-22(13-18)34-26-19(6-2-8-24(26)37-23)27(35)20(12-16-4-3-11-30-14-16)28(34)36-15-17-5-1-7-21-25(17)32-33-31-21/h1-11,13-14H,12,15H2,(H,31,32,33). The van der Waals surface area contributed by atoms with E-state index in [2.05, 4.69) is 59.1 Å². The Balaban J connectivity index is 1.50. The molecule has 0 aliphatic carbocycles. The van der Waals surface area contributed by atoms with Crippen molar-refractivity contribution in [3.63, 3.8) is 0 Å². The summed E-state index contributed by atoms with van der Waals surface area (Å²) < 4.78 is 9.65. The minimum absolute atomic E-state index is 0.0364. The highest BCUT2D eigenvalue weighted by Crippen LogP contribution is 2.45. The molecule has 0 saturated carbocycles. The van der Waals surface area contributed by atoms with Gasteiger partial charge in [0, 0.05) is 44.0 Å². The van der Waals surface area contributed by atoms with Gasteiger partial charge in [-0.15, -0.1) is 0 Å². The lowest BCUT2D eigenvalue weighted by Crippen LogP contribution is -2.21. The van der Waals surface area contributed by atoms with Gasteiger partial charge in [0.2, 0.25) is 5.88 Å². The van der Waals surface area contributed by atoms with Crippen LogP contribution in [0, 0.1) is 0 Å². The lowest BCUT2D eigenvalue weighted by atomic mass is 10.0. The number of nitrogens with one attached hydrogen (secondary N) is 1.